The Bertz CT molecular complexity index is 951. The molecule has 1 aliphatic rings. The van der Waals surface area contributed by atoms with Crippen LogP contribution in [0.25, 0.3) is 11.4 Å². The lowest BCUT2D eigenvalue weighted by Gasteiger charge is -2.34. The van der Waals surface area contributed by atoms with Crippen molar-refractivity contribution in [3.63, 3.8) is 0 Å². The van der Waals surface area contributed by atoms with Crippen molar-refractivity contribution >= 4 is 23.3 Å². The van der Waals surface area contributed by atoms with E-state index >= 15 is 0 Å². The molecule has 29 heavy (non-hydrogen) atoms. The third-order valence-corrected chi connectivity index (χ3v) is 5.38. The molecular weight excluding hydrogens is 386 g/mol. The average molecular weight is 410 g/mol. The van der Waals surface area contributed by atoms with Crippen LogP contribution in [0, 0.1) is 0 Å². The van der Waals surface area contributed by atoms with Gasteiger partial charge in [0.15, 0.2) is 0 Å². The van der Waals surface area contributed by atoms with Gasteiger partial charge >= 0.3 is 6.03 Å². The quantitative estimate of drug-likeness (QED) is 0.691. The highest BCUT2D eigenvalue weighted by molar-refractivity contribution is 6.30. The van der Waals surface area contributed by atoms with E-state index in [2.05, 4.69) is 31.9 Å². The maximum Gasteiger partial charge on any atom is 0.321 e. The van der Waals surface area contributed by atoms with E-state index in [0.29, 0.717) is 18.1 Å². The second kappa shape index (κ2) is 9.11. The van der Waals surface area contributed by atoms with Gasteiger partial charge in [-0.3, -0.25) is 4.90 Å². The van der Waals surface area contributed by atoms with Gasteiger partial charge in [0.05, 0.1) is 0 Å². The number of nitrogens with one attached hydrogen (secondary N) is 1. The van der Waals surface area contributed by atoms with Crippen LogP contribution in [-0.2, 0) is 6.54 Å². The zero-order chi connectivity index (χ0) is 20.1. The molecule has 1 fully saturated rings. The van der Waals surface area contributed by atoms with E-state index in [4.69, 9.17) is 11.6 Å². The second-order valence-electron chi connectivity index (χ2n) is 7.08. The first-order chi connectivity index (χ1) is 14.2. The topological polar surface area (TPSA) is 53.4 Å². The van der Waals surface area contributed by atoms with E-state index < -0.39 is 0 Å². The number of halogens is 1. The number of anilines is 1. The first kappa shape index (κ1) is 19.5. The molecule has 7 heteroatoms. The second-order valence-corrected chi connectivity index (χ2v) is 7.52. The predicted octanol–water partition coefficient (Wildman–Crippen LogP) is 4.05. The van der Waals surface area contributed by atoms with Crippen LogP contribution in [0.4, 0.5) is 10.5 Å². The molecule has 2 aromatic carbocycles. The highest BCUT2D eigenvalue weighted by Gasteiger charge is 2.21. The first-order valence-electron chi connectivity index (χ1n) is 9.79. The highest BCUT2D eigenvalue weighted by Crippen LogP contribution is 2.18. The summed E-state index contributed by atoms with van der Waals surface area (Å²) in [4.78, 5) is 21.2. The molecule has 1 saturated heterocycles. The van der Waals surface area contributed by atoms with Gasteiger partial charge in [-0.25, -0.2) is 9.78 Å². The molecule has 0 aliphatic carbocycles. The number of carbonyl (C=O) groups is 1. The minimum atomic E-state index is -0.0760. The Morgan fingerprint density at radius 1 is 1.00 bits per heavy atom. The standard InChI is InChI=1S/C22H24ClN5O/c23-19-7-4-8-20(17-19)25-22(29)28-15-12-26(13-16-28)11-14-27-10-9-24-21(27)18-5-2-1-3-6-18/h1-10,17H,11-16H2,(H,25,29). The summed E-state index contributed by atoms with van der Waals surface area (Å²) >= 11 is 5.98. The lowest BCUT2D eigenvalue weighted by molar-refractivity contribution is 0.144. The number of urea groups is 1. The Balaban J connectivity index is 1.27. The van der Waals surface area contributed by atoms with Gasteiger partial charge in [-0.15, -0.1) is 0 Å². The Kier molecular flexibility index (Phi) is 6.12. The molecule has 1 aromatic heterocycles. The molecule has 1 aliphatic heterocycles. The van der Waals surface area contributed by atoms with E-state index in [1.54, 1.807) is 12.1 Å². The molecule has 0 atom stereocenters. The third kappa shape index (κ3) is 4.96. The van der Waals surface area contributed by atoms with Crippen molar-refractivity contribution in [2.24, 2.45) is 0 Å². The normalized spacial score (nSPS) is 14.7. The molecule has 3 aromatic rings. The summed E-state index contributed by atoms with van der Waals surface area (Å²) in [6.45, 7) is 4.94. The predicted molar refractivity (Wildman–Crippen MR) is 116 cm³/mol. The fraction of sp³-hybridized carbons (Fsp3) is 0.273. The van der Waals surface area contributed by atoms with Crippen molar-refractivity contribution in [2.45, 2.75) is 6.54 Å². The number of piperazine rings is 1. The van der Waals surface area contributed by atoms with E-state index in [9.17, 15) is 4.79 Å². The smallest absolute Gasteiger partial charge is 0.321 e. The SMILES string of the molecule is O=C(Nc1cccc(Cl)c1)N1CCN(CCn2ccnc2-c2ccccc2)CC1. The van der Waals surface area contributed by atoms with Gasteiger partial charge in [-0.05, 0) is 18.2 Å². The van der Waals surface area contributed by atoms with Crippen molar-refractivity contribution < 1.29 is 4.79 Å². The first-order valence-corrected chi connectivity index (χ1v) is 10.2. The van der Waals surface area contributed by atoms with Crippen LogP contribution >= 0.6 is 11.6 Å². The minimum absolute atomic E-state index is 0.0760. The Morgan fingerprint density at radius 3 is 2.55 bits per heavy atom. The summed E-state index contributed by atoms with van der Waals surface area (Å²) in [6, 6.07) is 17.4. The molecular formula is C22H24ClN5O. The van der Waals surface area contributed by atoms with Crippen molar-refractivity contribution in [1.82, 2.24) is 19.4 Å². The summed E-state index contributed by atoms with van der Waals surface area (Å²) in [5.41, 5.74) is 1.85. The Labute approximate surface area is 175 Å². The number of hydrogen-bond donors (Lipinski definition) is 1. The molecule has 2 heterocycles. The summed E-state index contributed by atoms with van der Waals surface area (Å²) < 4.78 is 2.19. The number of amides is 2. The van der Waals surface area contributed by atoms with Crippen LogP contribution in [0.2, 0.25) is 5.02 Å². The lowest BCUT2D eigenvalue weighted by atomic mass is 10.2. The molecule has 6 nitrogen and oxygen atoms in total. The van der Waals surface area contributed by atoms with E-state index in [1.165, 1.54) is 0 Å². The Morgan fingerprint density at radius 2 is 1.79 bits per heavy atom. The van der Waals surface area contributed by atoms with E-state index in [-0.39, 0.29) is 6.03 Å². The van der Waals surface area contributed by atoms with Crippen LogP contribution in [0.1, 0.15) is 0 Å². The monoisotopic (exact) mass is 409 g/mol. The number of carbonyl (C=O) groups excluding carboxylic acids is 1. The van der Waals surface area contributed by atoms with Crippen LogP contribution < -0.4 is 5.32 Å². The largest absolute Gasteiger partial charge is 0.330 e. The van der Waals surface area contributed by atoms with Crippen molar-refractivity contribution in [3.05, 3.63) is 72.0 Å². The Hall–Kier alpha value is -2.83. The molecule has 2 amide bonds. The van der Waals surface area contributed by atoms with Crippen molar-refractivity contribution in [3.8, 4) is 11.4 Å². The molecule has 0 spiro atoms. The van der Waals surface area contributed by atoms with E-state index in [1.807, 2.05) is 47.6 Å². The van der Waals surface area contributed by atoms with Gasteiger partial charge in [-0.2, -0.15) is 0 Å². The van der Waals surface area contributed by atoms with Crippen molar-refractivity contribution in [1.29, 1.82) is 0 Å². The zero-order valence-corrected chi connectivity index (χ0v) is 16.9. The third-order valence-electron chi connectivity index (χ3n) is 5.14. The number of hydrogen-bond acceptors (Lipinski definition) is 3. The van der Waals surface area contributed by atoms with Crippen LogP contribution in [-0.4, -0.2) is 58.1 Å². The van der Waals surface area contributed by atoms with E-state index in [0.717, 1.165) is 43.3 Å². The number of rotatable bonds is 5. The average Bonchev–Trinajstić information content (AvgIpc) is 3.22. The number of benzene rings is 2. The summed E-state index contributed by atoms with van der Waals surface area (Å²) in [7, 11) is 0. The van der Waals surface area contributed by atoms with Gasteiger partial charge in [0.2, 0.25) is 0 Å². The van der Waals surface area contributed by atoms with Crippen LogP contribution in [0.5, 0.6) is 0 Å². The van der Waals surface area contributed by atoms with Gasteiger partial charge < -0.3 is 14.8 Å². The molecule has 0 saturated carbocycles. The summed E-state index contributed by atoms with van der Waals surface area (Å²) in [5.74, 6) is 0.991. The summed E-state index contributed by atoms with van der Waals surface area (Å²) in [5, 5.41) is 3.53. The summed E-state index contributed by atoms with van der Waals surface area (Å²) in [6.07, 6.45) is 3.87. The number of imidazole rings is 1. The highest BCUT2D eigenvalue weighted by atomic mass is 35.5. The van der Waals surface area contributed by atoms with Gasteiger partial charge in [0.1, 0.15) is 5.82 Å². The lowest BCUT2D eigenvalue weighted by Crippen LogP contribution is -2.50. The molecule has 0 unspecified atom stereocenters. The van der Waals surface area contributed by atoms with Crippen molar-refractivity contribution in [2.75, 3.05) is 38.0 Å². The zero-order valence-electron chi connectivity index (χ0n) is 16.2. The molecule has 0 radical (unpaired) electrons. The van der Waals surface area contributed by atoms with Gasteiger partial charge in [0.25, 0.3) is 0 Å². The van der Waals surface area contributed by atoms with Crippen LogP contribution in [0.3, 0.4) is 0 Å². The minimum Gasteiger partial charge on any atom is -0.330 e. The maximum atomic E-state index is 12.5. The molecule has 150 valence electrons. The maximum absolute atomic E-state index is 12.5. The fourth-order valence-corrected chi connectivity index (χ4v) is 3.72. The molecule has 4 rings (SSSR count). The van der Waals surface area contributed by atoms with Gasteiger partial charge in [-0.1, -0.05) is 48.0 Å². The van der Waals surface area contributed by atoms with Crippen LogP contribution in [0.15, 0.2) is 67.0 Å². The molecule has 0 bridgehead atoms. The molecule has 1 N–H and O–H groups in total. The van der Waals surface area contributed by atoms with Gasteiger partial charge in [0, 0.05) is 67.9 Å². The number of nitrogens with zero attached hydrogens (tertiary/aromatic N) is 4. The fourth-order valence-electron chi connectivity index (χ4n) is 3.53. The number of aromatic nitrogens is 2.